The van der Waals surface area contributed by atoms with Gasteiger partial charge in [0.25, 0.3) is 0 Å². The van der Waals surface area contributed by atoms with Gasteiger partial charge in [0.1, 0.15) is 0 Å². The average Bonchev–Trinajstić information content (AvgIpc) is 2.90. The normalized spacial score (nSPS) is 10.8. The van der Waals surface area contributed by atoms with Gasteiger partial charge in [-0.25, -0.2) is 0 Å². The number of nitrogens with one attached hydrogen (secondary N) is 1. The summed E-state index contributed by atoms with van der Waals surface area (Å²) in [6.07, 6.45) is 0. The van der Waals surface area contributed by atoms with E-state index in [1.54, 1.807) is 11.3 Å². The highest BCUT2D eigenvalue weighted by Gasteiger charge is 2.07. The third-order valence-corrected chi connectivity index (χ3v) is 3.89. The Morgan fingerprint density at radius 1 is 1.25 bits per heavy atom. The van der Waals surface area contributed by atoms with Gasteiger partial charge in [0.05, 0.1) is 6.54 Å². The van der Waals surface area contributed by atoms with Crippen LogP contribution in [0, 0.1) is 6.92 Å². The fourth-order valence-corrected chi connectivity index (χ4v) is 2.72. The molecule has 4 heteroatoms. The van der Waals surface area contributed by atoms with E-state index in [0.717, 1.165) is 12.1 Å². The minimum atomic E-state index is 0.0598. The maximum absolute atomic E-state index is 11.9. The fraction of sp³-hybridized carbons (Fsp3) is 0.312. The summed E-state index contributed by atoms with van der Waals surface area (Å²) in [4.78, 5) is 15.2. The predicted octanol–water partition coefficient (Wildman–Crippen LogP) is 2.80. The number of hydrogen-bond acceptors (Lipinski definition) is 3. The zero-order valence-corrected chi connectivity index (χ0v) is 12.7. The van der Waals surface area contributed by atoms with Crippen LogP contribution in [-0.2, 0) is 17.9 Å². The van der Waals surface area contributed by atoms with Crippen molar-refractivity contribution in [3.8, 4) is 0 Å². The smallest absolute Gasteiger partial charge is 0.234 e. The highest BCUT2D eigenvalue weighted by molar-refractivity contribution is 7.09. The maximum Gasteiger partial charge on any atom is 0.234 e. The third-order valence-electron chi connectivity index (χ3n) is 3.03. The number of likely N-dealkylation sites (N-methyl/N-ethyl adjacent to an activating group) is 1. The Hall–Kier alpha value is -1.65. The van der Waals surface area contributed by atoms with Crippen molar-refractivity contribution in [1.82, 2.24) is 10.2 Å². The van der Waals surface area contributed by atoms with Crippen LogP contribution in [0.15, 0.2) is 41.8 Å². The molecule has 1 aromatic heterocycles. The summed E-state index contributed by atoms with van der Waals surface area (Å²) < 4.78 is 0. The van der Waals surface area contributed by atoms with Gasteiger partial charge >= 0.3 is 0 Å². The highest BCUT2D eigenvalue weighted by atomic mass is 32.1. The predicted molar refractivity (Wildman–Crippen MR) is 83.7 cm³/mol. The van der Waals surface area contributed by atoms with Crippen molar-refractivity contribution in [2.24, 2.45) is 0 Å². The first kappa shape index (κ1) is 14.8. The molecule has 1 heterocycles. The lowest BCUT2D eigenvalue weighted by atomic mass is 10.1. The summed E-state index contributed by atoms with van der Waals surface area (Å²) in [6.45, 7) is 3.88. The van der Waals surface area contributed by atoms with Crippen molar-refractivity contribution >= 4 is 17.2 Å². The molecule has 0 saturated carbocycles. The molecule has 0 fully saturated rings. The van der Waals surface area contributed by atoms with Crippen LogP contribution in [0.4, 0.5) is 0 Å². The van der Waals surface area contributed by atoms with E-state index in [4.69, 9.17) is 0 Å². The zero-order valence-electron chi connectivity index (χ0n) is 11.9. The first-order valence-corrected chi connectivity index (χ1v) is 7.54. The van der Waals surface area contributed by atoms with E-state index in [-0.39, 0.29) is 5.91 Å². The second-order valence-corrected chi connectivity index (χ2v) is 6.05. The molecule has 0 bridgehead atoms. The SMILES string of the molecule is Cc1ccc(CNC(=O)CN(C)Cc2cccs2)cc1. The molecule has 0 radical (unpaired) electrons. The molecule has 1 aromatic carbocycles. The lowest BCUT2D eigenvalue weighted by Crippen LogP contribution is -2.34. The Morgan fingerprint density at radius 3 is 2.65 bits per heavy atom. The molecule has 2 aromatic rings. The second-order valence-electron chi connectivity index (χ2n) is 5.01. The molecule has 106 valence electrons. The first-order valence-electron chi connectivity index (χ1n) is 6.66. The second kappa shape index (κ2) is 7.22. The summed E-state index contributed by atoms with van der Waals surface area (Å²) in [6, 6.07) is 12.3. The number of amides is 1. The molecule has 0 spiro atoms. The van der Waals surface area contributed by atoms with Crippen LogP contribution in [0.3, 0.4) is 0 Å². The molecule has 3 nitrogen and oxygen atoms in total. The molecule has 0 aliphatic heterocycles. The van der Waals surface area contributed by atoms with E-state index in [9.17, 15) is 4.79 Å². The molecule has 20 heavy (non-hydrogen) atoms. The van der Waals surface area contributed by atoms with Crippen LogP contribution < -0.4 is 5.32 Å². The molecule has 0 aliphatic carbocycles. The lowest BCUT2D eigenvalue weighted by Gasteiger charge is -2.15. The monoisotopic (exact) mass is 288 g/mol. The number of rotatable bonds is 6. The van der Waals surface area contributed by atoms with Gasteiger partial charge in [-0.2, -0.15) is 0 Å². The quantitative estimate of drug-likeness (QED) is 0.886. The molecular formula is C16H20N2OS. The van der Waals surface area contributed by atoms with Crippen molar-refractivity contribution in [3.63, 3.8) is 0 Å². The van der Waals surface area contributed by atoms with E-state index in [2.05, 4.69) is 35.8 Å². The van der Waals surface area contributed by atoms with Crippen LogP contribution in [0.25, 0.3) is 0 Å². The third kappa shape index (κ3) is 4.79. The molecule has 0 unspecified atom stereocenters. The minimum absolute atomic E-state index is 0.0598. The largest absolute Gasteiger partial charge is 0.351 e. The van der Waals surface area contributed by atoms with Gasteiger partial charge in [-0.05, 0) is 31.0 Å². The molecule has 0 aliphatic rings. The van der Waals surface area contributed by atoms with Crippen LogP contribution in [-0.4, -0.2) is 24.4 Å². The molecule has 2 rings (SSSR count). The Kier molecular flexibility index (Phi) is 5.32. The van der Waals surface area contributed by atoms with E-state index in [0.29, 0.717) is 13.1 Å². The van der Waals surface area contributed by atoms with Crippen molar-refractivity contribution in [1.29, 1.82) is 0 Å². The Balaban J connectivity index is 1.73. The molecule has 0 atom stereocenters. The molecular weight excluding hydrogens is 268 g/mol. The van der Waals surface area contributed by atoms with Gasteiger partial charge < -0.3 is 5.32 Å². The number of thiophene rings is 1. The minimum Gasteiger partial charge on any atom is -0.351 e. The van der Waals surface area contributed by atoms with Crippen LogP contribution >= 0.6 is 11.3 Å². The molecule has 1 amide bonds. The summed E-state index contributed by atoms with van der Waals surface area (Å²) in [5.41, 5.74) is 2.36. The van der Waals surface area contributed by atoms with E-state index >= 15 is 0 Å². The van der Waals surface area contributed by atoms with Crippen LogP contribution in [0.2, 0.25) is 0 Å². The summed E-state index contributed by atoms with van der Waals surface area (Å²) in [5, 5.41) is 5.01. The lowest BCUT2D eigenvalue weighted by molar-refractivity contribution is -0.122. The van der Waals surface area contributed by atoms with Crippen LogP contribution in [0.1, 0.15) is 16.0 Å². The molecule has 1 N–H and O–H groups in total. The number of aryl methyl sites for hydroxylation is 1. The van der Waals surface area contributed by atoms with Gasteiger partial charge in [0.15, 0.2) is 0 Å². The Morgan fingerprint density at radius 2 is 2.00 bits per heavy atom. The van der Waals surface area contributed by atoms with Gasteiger partial charge in [-0.1, -0.05) is 35.9 Å². The van der Waals surface area contributed by atoms with Gasteiger partial charge in [-0.15, -0.1) is 11.3 Å². The van der Waals surface area contributed by atoms with E-state index in [1.165, 1.54) is 10.4 Å². The zero-order chi connectivity index (χ0) is 14.4. The number of carbonyl (C=O) groups excluding carboxylic acids is 1. The highest BCUT2D eigenvalue weighted by Crippen LogP contribution is 2.10. The number of benzene rings is 1. The average molecular weight is 288 g/mol. The first-order chi connectivity index (χ1) is 9.63. The Labute approximate surface area is 124 Å². The Bertz CT molecular complexity index is 534. The van der Waals surface area contributed by atoms with Gasteiger partial charge in [0.2, 0.25) is 5.91 Å². The van der Waals surface area contributed by atoms with Crippen molar-refractivity contribution in [2.75, 3.05) is 13.6 Å². The number of hydrogen-bond donors (Lipinski definition) is 1. The van der Waals surface area contributed by atoms with Gasteiger partial charge in [0, 0.05) is 18.0 Å². The van der Waals surface area contributed by atoms with Gasteiger partial charge in [-0.3, -0.25) is 9.69 Å². The summed E-state index contributed by atoms with van der Waals surface area (Å²) in [7, 11) is 1.96. The maximum atomic E-state index is 11.9. The van der Waals surface area contributed by atoms with E-state index < -0.39 is 0 Å². The van der Waals surface area contributed by atoms with Crippen molar-refractivity contribution < 1.29 is 4.79 Å². The van der Waals surface area contributed by atoms with E-state index in [1.807, 2.05) is 30.1 Å². The topological polar surface area (TPSA) is 32.3 Å². The molecule has 0 saturated heterocycles. The van der Waals surface area contributed by atoms with Crippen LogP contribution in [0.5, 0.6) is 0 Å². The number of carbonyl (C=O) groups is 1. The standard InChI is InChI=1S/C16H20N2OS/c1-13-5-7-14(8-6-13)10-17-16(19)12-18(2)11-15-4-3-9-20-15/h3-9H,10-12H2,1-2H3,(H,17,19). The fourth-order valence-electron chi connectivity index (χ4n) is 1.93. The number of nitrogens with zero attached hydrogens (tertiary/aromatic N) is 1. The van der Waals surface area contributed by atoms with Crippen molar-refractivity contribution in [3.05, 3.63) is 57.8 Å². The summed E-state index contributed by atoms with van der Waals surface area (Å²) in [5.74, 6) is 0.0598. The van der Waals surface area contributed by atoms with Crippen molar-refractivity contribution in [2.45, 2.75) is 20.0 Å². The summed E-state index contributed by atoms with van der Waals surface area (Å²) >= 11 is 1.72.